The number of esters is 1. The second kappa shape index (κ2) is 5.53. The van der Waals surface area contributed by atoms with Crippen LogP contribution in [0.3, 0.4) is 0 Å². The lowest BCUT2D eigenvalue weighted by Crippen LogP contribution is -2.38. The molecule has 0 bridgehead atoms. The number of carbonyl (C=O) groups excluding carboxylic acids is 1. The first kappa shape index (κ1) is 14.0. The van der Waals surface area contributed by atoms with E-state index in [4.69, 9.17) is 9.84 Å². The van der Waals surface area contributed by atoms with Gasteiger partial charge < -0.3 is 14.6 Å². The lowest BCUT2D eigenvalue weighted by atomic mass is 10.1. The molecular weight excluding hydrogens is 236 g/mol. The largest absolute Gasteiger partial charge is 0.478 e. The molecule has 0 radical (unpaired) electrons. The van der Waals surface area contributed by atoms with Gasteiger partial charge in [0.15, 0.2) is 5.60 Å². The highest BCUT2D eigenvalue weighted by molar-refractivity contribution is 5.77. The molecule has 0 spiro atoms. The number of rotatable bonds is 5. The average molecular weight is 252 g/mol. The maximum atomic E-state index is 11.2. The highest BCUT2D eigenvalue weighted by atomic mass is 16.5. The normalized spacial score (nSPS) is 10.8. The van der Waals surface area contributed by atoms with Crippen molar-refractivity contribution in [1.29, 1.82) is 0 Å². The number of ether oxygens (including phenoxy) is 2. The standard InChI is InChI=1S/C13H16O5/c1-13(2,12(15)16)18-10-7-5-4-6-9(10)8-11(14)17-3/h4-7H,8H2,1-3H3,(H,15,16). The van der Waals surface area contributed by atoms with Crippen LogP contribution < -0.4 is 4.74 Å². The fourth-order valence-corrected chi connectivity index (χ4v) is 1.30. The molecule has 0 fully saturated rings. The third-order valence-corrected chi connectivity index (χ3v) is 2.42. The molecule has 0 aromatic heterocycles. The SMILES string of the molecule is COC(=O)Cc1ccccc1OC(C)(C)C(=O)O. The van der Waals surface area contributed by atoms with Crippen LogP contribution in [0.15, 0.2) is 24.3 Å². The Kier molecular flexibility index (Phi) is 4.31. The number of methoxy groups -OCH3 is 1. The smallest absolute Gasteiger partial charge is 0.347 e. The monoisotopic (exact) mass is 252 g/mol. The fourth-order valence-electron chi connectivity index (χ4n) is 1.30. The van der Waals surface area contributed by atoms with Crippen molar-refractivity contribution in [1.82, 2.24) is 0 Å². The first-order valence-corrected chi connectivity index (χ1v) is 5.44. The van der Waals surface area contributed by atoms with E-state index in [1.807, 2.05) is 0 Å². The summed E-state index contributed by atoms with van der Waals surface area (Å²) in [5.41, 5.74) is -0.759. The zero-order valence-electron chi connectivity index (χ0n) is 10.6. The summed E-state index contributed by atoms with van der Waals surface area (Å²) in [4.78, 5) is 22.2. The number of hydrogen-bond donors (Lipinski definition) is 1. The van der Waals surface area contributed by atoms with E-state index >= 15 is 0 Å². The summed E-state index contributed by atoms with van der Waals surface area (Å²) in [5, 5.41) is 9.00. The molecule has 1 rings (SSSR count). The molecule has 5 heteroatoms. The Hall–Kier alpha value is -2.04. The van der Waals surface area contributed by atoms with Crippen LogP contribution in [0.1, 0.15) is 19.4 Å². The maximum absolute atomic E-state index is 11.2. The topological polar surface area (TPSA) is 72.8 Å². The van der Waals surface area contributed by atoms with E-state index < -0.39 is 17.5 Å². The minimum Gasteiger partial charge on any atom is -0.478 e. The van der Waals surface area contributed by atoms with Crippen molar-refractivity contribution in [2.45, 2.75) is 25.9 Å². The van der Waals surface area contributed by atoms with E-state index in [9.17, 15) is 9.59 Å². The molecule has 98 valence electrons. The summed E-state index contributed by atoms with van der Waals surface area (Å²) in [5.74, 6) is -1.11. The molecule has 0 unspecified atom stereocenters. The minimum absolute atomic E-state index is 0.0440. The Morgan fingerprint density at radius 3 is 2.44 bits per heavy atom. The average Bonchev–Trinajstić information content (AvgIpc) is 2.31. The summed E-state index contributed by atoms with van der Waals surface area (Å²) in [6, 6.07) is 6.79. The second-order valence-electron chi connectivity index (χ2n) is 4.28. The number of aliphatic carboxylic acids is 1. The molecule has 0 heterocycles. The van der Waals surface area contributed by atoms with Crippen LogP contribution >= 0.6 is 0 Å². The molecule has 0 atom stereocenters. The van der Waals surface area contributed by atoms with Crippen LogP contribution in [0.25, 0.3) is 0 Å². The Balaban J connectivity index is 2.95. The molecule has 1 aromatic rings. The van der Waals surface area contributed by atoms with E-state index in [1.165, 1.54) is 21.0 Å². The van der Waals surface area contributed by atoms with Crippen LogP contribution in [0.5, 0.6) is 5.75 Å². The van der Waals surface area contributed by atoms with Gasteiger partial charge in [0.05, 0.1) is 13.5 Å². The summed E-state index contributed by atoms with van der Waals surface area (Å²) >= 11 is 0. The lowest BCUT2D eigenvalue weighted by Gasteiger charge is -2.23. The van der Waals surface area contributed by atoms with E-state index in [2.05, 4.69) is 4.74 Å². The Labute approximate surface area is 105 Å². The number of carboxylic acid groups (broad SMARTS) is 1. The van der Waals surface area contributed by atoms with Crippen molar-refractivity contribution in [3.63, 3.8) is 0 Å². The second-order valence-corrected chi connectivity index (χ2v) is 4.28. The van der Waals surface area contributed by atoms with Gasteiger partial charge in [-0.25, -0.2) is 4.79 Å². The van der Waals surface area contributed by atoms with Crippen molar-refractivity contribution in [2.75, 3.05) is 7.11 Å². The quantitative estimate of drug-likeness (QED) is 0.806. The van der Waals surface area contributed by atoms with Gasteiger partial charge in [0.25, 0.3) is 0 Å². The van der Waals surface area contributed by atoms with E-state index in [-0.39, 0.29) is 6.42 Å². The van der Waals surface area contributed by atoms with Crippen LogP contribution in [-0.4, -0.2) is 29.8 Å². The van der Waals surface area contributed by atoms with Gasteiger partial charge in [0.2, 0.25) is 0 Å². The number of carboxylic acids is 1. The minimum atomic E-state index is -1.35. The van der Waals surface area contributed by atoms with Crippen molar-refractivity contribution in [3.05, 3.63) is 29.8 Å². The molecule has 0 amide bonds. The molecule has 5 nitrogen and oxygen atoms in total. The molecule has 0 aliphatic carbocycles. The van der Waals surface area contributed by atoms with Crippen molar-refractivity contribution in [3.8, 4) is 5.75 Å². The van der Waals surface area contributed by atoms with E-state index in [1.54, 1.807) is 24.3 Å². The summed E-state index contributed by atoms with van der Waals surface area (Å²) < 4.78 is 10.0. The first-order valence-electron chi connectivity index (χ1n) is 5.44. The van der Waals surface area contributed by atoms with Crippen LogP contribution in [-0.2, 0) is 20.7 Å². The molecule has 1 N–H and O–H groups in total. The Morgan fingerprint density at radius 2 is 1.89 bits per heavy atom. The summed E-state index contributed by atoms with van der Waals surface area (Å²) in [7, 11) is 1.30. The lowest BCUT2D eigenvalue weighted by molar-refractivity contribution is -0.152. The van der Waals surface area contributed by atoms with E-state index in [0.29, 0.717) is 11.3 Å². The highest BCUT2D eigenvalue weighted by Crippen LogP contribution is 2.24. The van der Waals surface area contributed by atoms with Gasteiger partial charge in [-0.1, -0.05) is 18.2 Å². The highest BCUT2D eigenvalue weighted by Gasteiger charge is 2.30. The van der Waals surface area contributed by atoms with Gasteiger partial charge in [-0.15, -0.1) is 0 Å². The van der Waals surface area contributed by atoms with Crippen molar-refractivity contribution >= 4 is 11.9 Å². The van der Waals surface area contributed by atoms with Crippen molar-refractivity contribution < 1.29 is 24.2 Å². The molecule has 0 saturated heterocycles. The molecule has 0 saturated carbocycles. The number of carbonyl (C=O) groups is 2. The molecule has 0 aliphatic rings. The number of hydrogen-bond acceptors (Lipinski definition) is 4. The van der Waals surface area contributed by atoms with Gasteiger partial charge in [0, 0.05) is 5.56 Å². The Morgan fingerprint density at radius 1 is 1.28 bits per heavy atom. The third-order valence-electron chi connectivity index (χ3n) is 2.42. The van der Waals surface area contributed by atoms with Gasteiger partial charge in [-0.3, -0.25) is 4.79 Å². The maximum Gasteiger partial charge on any atom is 0.347 e. The zero-order valence-corrected chi connectivity index (χ0v) is 10.6. The zero-order chi connectivity index (χ0) is 13.8. The molecular formula is C13H16O5. The Bertz CT molecular complexity index is 450. The summed E-state index contributed by atoms with van der Waals surface area (Å²) in [6.45, 7) is 2.90. The number of benzene rings is 1. The molecule has 1 aromatic carbocycles. The van der Waals surface area contributed by atoms with Gasteiger partial charge in [0.1, 0.15) is 5.75 Å². The predicted octanol–water partition coefficient (Wildman–Crippen LogP) is 1.64. The van der Waals surface area contributed by atoms with Gasteiger partial charge in [-0.05, 0) is 19.9 Å². The third kappa shape index (κ3) is 3.48. The summed E-state index contributed by atoms with van der Waals surface area (Å²) in [6.07, 6.45) is 0.0440. The van der Waals surface area contributed by atoms with Crippen LogP contribution in [0.4, 0.5) is 0 Å². The van der Waals surface area contributed by atoms with Gasteiger partial charge in [-0.2, -0.15) is 0 Å². The van der Waals surface area contributed by atoms with Crippen LogP contribution in [0, 0.1) is 0 Å². The van der Waals surface area contributed by atoms with Crippen LogP contribution in [0.2, 0.25) is 0 Å². The van der Waals surface area contributed by atoms with Gasteiger partial charge >= 0.3 is 11.9 Å². The molecule has 0 aliphatic heterocycles. The predicted molar refractivity (Wildman–Crippen MR) is 64.5 cm³/mol. The van der Waals surface area contributed by atoms with E-state index in [0.717, 1.165) is 0 Å². The molecule has 18 heavy (non-hydrogen) atoms. The fraction of sp³-hybridized carbons (Fsp3) is 0.385. The first-order chi connectivity index (χ1) is 8.36. The van der Waals surface area contributed by atoms with Crippen molar-refractivity contribution in [2.24, 2.45) is 0 Å². The number of para-hydroxylation sites is 1.